The van der Waals surface area contributed by atoms with Gasteiger partial charge in [0, 0.05) is 30.8 Å². The van der Waals surface area contributed by atoms with Crippen molar-refractivity contribution in [3.05, 3.63) is 40.9 Å². The Morgan fingerprint density at radius 3 is 2.95 bits per heavy atom. The molecule has 0 spiro atoms. The lowest BCUT2D eigenvalue weighted by atomic mass is 10.4. The molecule has 6 nitrogen and oxygen atoms in total. The molecule has 0 saturated heterocycles. The molecule has 0 fully saturated rings. The molecule has 0 unspecified atom stereocenters. The van der Waals surface area contributed by atoms with E-state index in [1.165, 1.54) is 18.6 Å². The second-order valence-corrected chi connectivity index (χ2v) is 6.39. The van der Waals surface area contributed by atoms with E-state index in [2.05, 4.69) is 35.9 Å². The first-order valence-corrected chi connectivity index (χ1v) is 7.75. The number of pyridine rings is 1. The maximum Gasteiger partial charge on any atom is 0.263 e. The first kappa shape index (κ1) is 14.0. The Morgan fingerprint density at radius 1 is 1.47 bits per heavy atom. The van der Waals surface area contributed by atoms with Crippen molar-refractivity contribution in [2.45, 2.75) is 11.4 Å². The van der Waals surface area contributed by atoms with Gasteiger partial charge in [0.15, 0.2) is 0 Å². The zero-order chi connectivity index (χ0) is 13.9. The Hall–Kier alpha value is -1.38. The summed E-state index contributed by atoms with van der Waals surface area (Å²) in [5.41, 5.74) is 1.25. The van der Waals surface area contributed by atoms with Gasteiger partial charge in [0.2, 0.25) is 0 Å². The third kappa shape index (κ3) is 3.34. The summed E-state index contributed by atoms with van der Waals surface area (Å²) < 4.78 is 27.4. The van der Waals surface area contributed by atoms with E-state index < -0.39 is 10.0 Å². The SMILES string of the molecule is CNCc1cc(S(=O)(=O)Nc2ccncc2Br)c[nH]1. The Bertz CT molecular complexity index is 669. The van der Waals surface area contributed by atoms with E-state index in [9.17, 15) is 8.42 Å². The van der Waals surface area contributed by atoms with E-state index in [-0.39, 0.29) is 4.90 Å². The molecule has 19 heavy (non-hydrogen) atoms. The minimum Gasteiger partial charge on any atom is -0.363 e. The average Bonchev–Trinajstić information content (AvgIpc) is 2.82. The van der Waals surface area contributed by atoms with Crippen molar-refractivity contribution < 1.29 is 8.42 Å². The Labute approximate surface area is 119 Å². The molecule has 3 N–H and O–H groups in total. The lowest BCUT2D eigenvalue weighted by Crippen LogP contribution is -2.12. The lowest BCUT2D eigenvalue weighted by Gasteiger charge is -2.07. The summed E-state index contributed by atoms with van der Waals surface area (Å²) in [5.74, 6) is 0. The molecule has 2 rings (SSSR count). The predicted octanol–water partition coefficient (Wildman–Crippen LogP) is 1.69. The Balaban J connectivity index is 2.25. The molecule has 8 heteroatoms. The summed E-state index contributed by atoms with van der Waals surface area (Å²) in [6.07, 6.45) is 4.51. The van der Waals surface area contributed by atoms with Crippen LogP contribution in [-0.2, 0) is 16.6 Å². The van der Waals surface area contributed by atoms with Crippen LogP contribution in [0.4, 0.5) is 5.69 Å². The van der Waals surface area contributed by atoms with Crippen LogP contribution in [0, 0.1) is 0 Å². The van der Waals surface area contributed by atoms with Gasteiger partial charge in [-0.25, -0.2) is 8.42 Å². The normalized spacial score (nSPS) is 11.5. The summed E-state index contributed by atoms with van der Waals surface area (Å²) in [6, 6.07) is 3.18. The second-order valence-electron chi connectivity index (χ2n) is 3.85. The average molecular weight is 345 g/mol. The summed E-state index contributed by atoms with van der Waals surface area (Å²) in [4.78, 5) is 6.98. The van der Waals surface area contributed by atoms with Gasteiger partial charge in [-0.15, -0.1) is 0 Å². The molecule has 0 bridgehead atoms. The van der Waals surface area contributed by atoms with Crippen LogP contribution in [0.2, 0.25) is 0 Å². The number of aromatic amines is 1. The van der Waals surface area contributed by atoms with Gasteiger partial charge >= 0.3 is 0 Å². The van der Waals surface area contributed by atoms with Crippen molar-refractivity contribution in [3.8, 4) is 0 Å². The topological polar surface area (TPSA) is 86.9 Å². The Morgan fingerprint density at radius 2 is 2.26 bits per heavy atom. The minimum atomic E-state index is -3.60. The first-order valence-electron chi connectivity index (χ1n) is 5.47. The van der Waals surface area contributed by atoms with E-state index in [1.807, 2.05) is 0 Å². The predicted molar refractivity (Wildman–Crippen MR) is 76.3 cm³/mol. The number of aromatic nitrogens is 2. The number of H-pyrrole nitrogens is 1. The van der Waals surface area contributed by atoms with Crippen LogP contribution in [0.5, 0.6) is 0 Å². The van der Waals surface area contributed by atoms with Crippen LogP contribution in [0.25, 0.3) is 0 Å². The van der Waals surface area contributed by atoms with Crippen molar-refractivity contribution in [2.24, 2.45) is 0 Å². The lowest BCUT2D eigenvalue weighted by molar-refractivity contribution is 0.601. The zero-order valence-corrected chi connectivity index (χ0v) is 12.5. The first-order chi connectivity index (χ1) is 9.03. The van der Waals surface area contributed by atoms with Crippen molar-refractivity contribution in [1.29, 1.82) is 0 Å². The van der Waals surface area contributed by atoms with Crippen LogP contribution < -0.4 is 10.0 Å². The molecule has 2 aromatic rings. The Kier molecular flexibility index (Phi) is 4.23. The number of anilines is 1. The van der Waals surface area contributed by atoms with E-state index >= 15 is 0 Å². The molecule has 0 radical (unpaired) electrons. The molecule has 0 aromatic carbocycles. The van der Waals surface area contributed by atoms with Gasteiger partial charge in [-0.1, -0.05) is 0 Å². The van der Waals surface area contributed by atoms with Gasteiger partial charge < -0.3 is 10.3 Å². The van der Waals surface area contributed by atoms with Crippen molar-refractivity contribution in [1.82, 2.24) is 15.3 Å². The van der Waals surface area contributed by atoms with Crippen molar-refractivity contribution in [2.75, 3.05) is 11.8 Å². The summed E-state index contributed by atoms with van der Waals surface area (Å²) in [7, 11) is -1.81. The zero-order valence-electron chi connectivity index (χ0n) is 10.1. The highest BCUT2D eigenvalue weighted by Crippen LogP contribution is 2.23. The molecular weight excluding hydrogens is 332 g/mol. The molecular formula is C11H13BrN4O2S. The molecule has 0 atom stereocenters. The number of hydrogen-bond donors (Lipinski definition) is 3. The third-order valence-corrected chi connectivity index (χ3v) is 4.39. The smallest absolute Gasteiger partial charge is 0.263 e. The second kappa shape index (κ2) is 5.72. The van der Waals surface area contributed by atoms with Crippen LogP contribution >= 0.6 is 15.9 Å². The fraction of sp³-hybridized carbons (Fsp3) is 0.182. The monoisotopic (exact) mass is 344 g/mol. The van der Waals surface area contributed by atoms with Gasteiger partial charge in [0.05, 0.1) is 10.2 Å². The number of rotatable bonds is 5. The number of sulfonamides is 1. The number of halogens is 1. The van der Waals surface area contributed by atoms with Gasteiger partial charge in [0.25, 0.3) is 10.0 Å². The number of nitrogens with zero attached hydrogens (tertiary/aromatic N) is 1. The highest BCUT2D eigenvalue weighted by molar-refractivity contribution is 9.10. The summed E-state index contributed by atoms with van der Waals surface area (Å²) >= 11 is 3.24. The van der Waals surface area contributed by atoms with Crippen LogP contribution in [0.3, 0.4) is 0 Å². The largest absolute Gasteiger partial charge is 0.363 e. The van der Waals surface area contributed by atoms with Gasteiger partial charge in [-0.05, 0) is 35.1 Å². The maximum absolute atomic E-state index is 12.2. The van der Waals surface area contributed by atoms with E-state index in [4.69, 9.17) is 0 Å². The summed E-state index contributed by atoms with van der Waals surface area (Å²) in [6.45, 7) is 0.578. The highest BCUT2D eigenvalue weighted by Gasteiger charge is 2.17. The van der Waals surface area contributed by atoms with Crippen molar-refractivity contribution >= 4 is 31.6 Å². The quantitative estimate of drug-likeness (QED) is 0.770. The van der Waals surface area contributed by atoms with E-state index in [0.717, 1.165) is 5.69 Å². The van der Waals surface area contributed by atoms with Crippen LogP contribution in [0.1, 0.15) is 5.69 Å². The molecule has 2 aromatic heterocycles. The standard InChI is InChI=1S/C11H13BrN4O2S/c1-13-5-8-4-9(6-15-8)19(17,18)16-11-2-3-14-7-10(11)12/h2-4,6-7,13,15H,5H2,1H3,(H,14,16). The summed E-state index contributed by atoms with van der Waals surface area (Å²) in [5, 5.41) is 2.95. The van der Waals surface area contributed by atoms with Crippen LogP contribution in [0.15, 0.2) is 40.1 Å². The molecule has 0 aliphatic rings. The fourth-order valence-electron chi connectivity index (χ4n) is 1.53. The molecule has 0 saturated carbocycles. The van der Waals surface area contributed by atoms with Crippen molar-refractivity contribution in [3.63, 3.8) is 0 Å². The molecule has 0 aliphatic carbocycles. The number of hydrogen-bond acceptors (Lipinski definition) is 4. The van der Waals surface area contributed by atoms with Crippen LogP contribution in [-0.4, -0.2) is 25.4 Å². The molecule has 102 valence electrons. The van der Waals surface area contributed by atoms with Gasteiger partial charge in [-0.3, -0.25) is 9.71 Å². The van der Waals surface area contributed by atoms with E-state index in [0.29, 0.717) is 16.7 Å². The maximum atomic E-state index is 12.2. The fourth-order valence-corrected chi connectivity index (χ4v) is 3.11. The third-order valence-electron chi connectivity index (χ3n) is 2.41. The van der Waals surface area contributed by atoms with E-state index in [1.54, 1.807) is 19.2 Å². The molecule has 0 aliphatic heterocycles. The molecule has 0 amide bonds. The minimum absolute atomic E-state index is 0.196. The highest BCUT2D eigenvalue weighted by atomic mass is 79.9. The number of nitrogens with one attached hydrogen (secondary N) is 3. The molecule has 2 heterocycles. The van der Waals surface area contributed by atoms with Gasteiger partial charge in [0.1, 0.15) is 4.90 Å². The van der Waals surface area contributed by atoms with Gasteiger partial charge in [-0.2, -0.15) is 0 Å².